The average molecular weight is 397 g/mol. The molecule has 0 aliphatic heterocycles. The highest BCUT2D eigenvalue weighted by atomic mass is 32.1. The fraction of sp³-hybridized carbons (Fsp3) is 0.304. The zero-order valence-electron chi connectivity index (χ0n) is 16.7. The first-order chi connectivity index (χ1) is 13.4. The molecule has 0 fully saturated rings. The number of hydrogen-bond acceptors (Lipinski definition) is 3. The van der Waals surface area contributed by atoms with Crippen molar-refractivity contribution in [2.75, 3.05) is 11.9 Å². The SMILES string of the molecule is C=CCOc1cccc(NC(=S)NC(=O)C(C)c2ccc(CC(C)C)cc2)c1. The Morgan fingerprint density at radius 1 is 1.18 bits per heavy atom. The lowest BCUT2D eigenvalue weighted by Crippen LogP contribution is -2.36. The molecule has 28 heavy (non-hydrogen) atoms. The number of amides is 1. The van der Waals surface area contributed by atoms with Crippen LogP contribution in [0.15, 0.2) is 61.2 Å². The summed E-state index contributed by atoms with van der Waals surface area (Å²) in [6, 6.07) is 15.6. The minimum Gasteiger partial charge on any atom is -0.489 e. The second-order valence-electron chi connectivity index (χ2n) is 7.13. The second-order valence-corrected chi connectivity index (χ2v) is 7.54. The Morgan fingerprint density at radius 2 is 1.89 bits per heavy atom. The van der Waals surface area contributed by atoms with Gasteiger partial charge in [-0.3, -0.25) is 4.79 Å². The van der Waals surface area contributed by atoms with Gasteiger partial charge in [0.2, 0.25) is 5.91 Å². The van der Waals surface area contributed by atoms with Gasteiger partial charge in [0.15, 0.2) is 5.11 Å². The number of thiocarbonyl (C=S) groups is 1. The molecule has 0 aliphatic carbocycles. The molecule has 1 unspecified atom stereocenters. The fourth-order valence-corrected chi connectivity index (χ4v) is 2.98. The predicted molar refractivity (Wildman–Crippen MR) is 120 cm³/mol. The molecule has 0 saturated heterocycles. The molecular formula is C23H28N2O2S. The Hall–Kier alpha value is -2.66. The topological polar surface area (TPSA) is 50.4 Å². The summed E-state index contributed by atoms with van der Waals surface area (Å²) in [7, 11) is 0. The van der Waals surface area contributed by atoms with E-state index in [4.69, 9.17) is 17.0 Å². The molecule has 2 aromatic rings. The Bertz CT molecular complexity index is 816. The van der Waals surface area contributed by atoms with Gasteiger partial charge in [-0.15, -0.1) is 0 Å². The molecular weight excluding hydrogens is 368 g/mol. The summed E-state index contributed by atoms with van der Waals surface area (Å²) in [5.74, 6) is 0.868. The lowest BCUT2D eigenvalue weighted by atomic mass is 9.96. The summed E-state index contributed by atoms with van der Waals surface area (Å²) in [4.78, 5) is 12.5. The normalized spacial score (nSPS) is 11.6. The summed E-state index contributed by atoms with van der Waals surface area (Å²) in [6.45, 7) is 10.3. The molecule has 0 heterocycles. The Balaban J connectivity index is 1.92. The van der Waals surface area contributed by atoms with Crippen molar-refractivity contribution in [3.63, 3.8) is 0 Å². The third-order valence-corrected chi connectivity index (χ3v) is 4.42. The van der Waals surface area contributed by atoms with E-state index in [-0.39, 0.29) is 16.9 Å². The zero-order valence-corrected chi connectivity index (χ0v) is 17.5. The van der Waals surface area contributed by atoms with Gasteiger partial charge in [-0.1, -0.05) is 56.8 Å². The number of benzene rings is 2. The quantitative estimate of drug-likeness (QED) is 0.483. The number of anilines is 1. The van der Waals surface area contributed by atoms with Crippen molar-refractivity contribution in [3.05, 3.63) is 72.3 Å². The first-order valence-electron chi connectivity index (χ1n) is 9.43. The van der Waals surface area contributed by atoms with E-state index in [1.165, 1.54) is 5.56 Å². The highest BCUT2D eigenvalue weighted by molar-refractivity contribution is 7.80. The van der Waals surface area contributed by atoms with Gasteiger partial charge < -0.3 is 15.4 Å². The van der Waals surface area contributed by atoms with E-state index in [0.29, 0.717) is 18.3 Å². The minimum absolute atomic E-state index is 0.145. The molecule has 5 heteroatoms. The molecule has 1 amide bonds. The number of carbonyl (C=O) groups is 1. The van der Waals surface area contributed by atoms with E-state index in [1.807, 2.05) is 43.3 Å². The molecule has 0 saturated carbocycles. The summed E-state index contributed by atoms with van der Waals surface area (Å²) in [5.41, 5.74) is 2.99. The van der Waals surface area contributed by atoms with Gasteiger partial charge in [0.05, 0.1) is 5.92 Å². The van der Waals surface area contributed by atoms with Crippen LogP contribution >= 0.6 is 12.2 Å². The highest BCUT2D eigenvalue weighted by Crippen LogP contribution is 2.19. The van der Waals surface area contributed by atoms with E-state index in [2.05, 4.69) is 43.2 Å². The molecule has 2 aromatic carbocycles. The summed E-state index contributed by atoms with van der Waals surface area (Å²) in [5, 5.41) is 6.04. The van der Waals surface area contributed by atoms with Crippen molar-refractivity contribution in [3.8, 4) is 5.75 Å². The van der Waals surface area contributed by atoms with Crippen LogP contribution in [0.5, 0.6) is 5.75 Å². The van der Waals surface area contributed by atoms with Crippen molar-refractivity contribution in [1.29, 1.82) is 0 Å². The maximum Gasteiger partial charge on any atom is 0.233 e. The van der Waals surface area contributed by atoms with Crippen LogP contribution in [0.25, 0.3) is 0 Å². The van der Waals surface area contributed by atoms with Crippen molar-refractivity contribution in [2.45, 2.75) is 33.1 Å². The van der Waals surface area contributed by atoms with E-state index < -0.39 is 0 Å². The lowest BCUT2D eigenvalue weighted by Gasteiger charge is -2.15. The van der Waals surface area contributed by atoms with E-state index in [0.717, 1.165) is 17.7 Å². The molecule has 1 atom stereocenters. The molecule has 2 rings (SSSR count). The van der Waals surface area contributed by atoms with Gasteiger partial charge in [0.25, 0.3) is 0 Å². The Labute approximate surface area is 173 Å². The zero-order chi connectivity index (χ0) is 20.5. The van der Waals surface area contributed by atoms with Crippen molar-refractivity contribution < 1.29 is 9.53 Å². The maximum absolute atomic E-state index is 12.5. The minimum atomic E-state index is -0.296. The van der Waals surface area contributed by atoms with Gasteiger partial charge in [0.1, 0.15) is 12.4 Å². The molecule has 0 bridgehead atoms. The number of rotatable bonds is 8. The standard InChI is InChI=1S/C23H28N2O2S/c1-5-13-27-21-8-6-7-20(15-21)24-23(28)25-22(26)17(4)19-11-9-18(10-12-19)14-16(2)3/h5-12,15-17H,1,13-14H2,2-4H3,(H2,24,25,26,28). The van der Waals surface area contributed by atoms with Gasteiger partial charge in [-0.2, -0.15) is 0 Å². The van der Waals surface area contributed by atoms with Crippen molar-refractivity contribution in [2.24, 2.45) is 5.92 Å². The molecule has 4 nitrogen and oxygen atoms in total. The van der Waals surface area contributed by atoms with Gasteiger partial charge in [-0.25, -0.2) is 0 Å². The maximum atomic E-state index is 12.5. The number of carbonyl (C=O) groups excluding carboxylic acids is 1. The number of nitrogens with one attached hydrogen (secondary N) is 2. The van der Waals surface area contributed by atoms with Crippen LogP contribution in [0.1, 0.15) is 37.8 Å². The van der Waals surface area contributed by atoms with E-state index >= 15 is 0 Å². The van der Waals surface area contributed by atoms with Crippen LogP contribution in [-0.4, -0.2) is 17.6 Å². The first-order valence-corrected chi connectivity index (χ1v) is 9.84. The smallest absolute Gasteiger partial charge is 0.233 e. The van der Waals surface area contributed by atoms with Gasteiger partial charge >= 0.3 is 0 Å². The molecule has 0 spiro atoms. The Morgan fingerprint density at radius 3 is 2.54 bits per heavy atom. The monoisotopic (exact) mass is 396 g/mol. The van der Waals surface area contributed by atoms with Crippen LogP contribution in [-0.2, 0) is 11.2 Å². The van der Waals surface area contributed by atoms with E-state index in [1.54, 1.807) is 6.08 Å². The lowest BCUT2D eigenvalue weighted by molar-refractivity contribution is -0.120. The summed E-state index contributed by atoms with van der Waals surface area (Å²) >= 11 is 5.28. The first kappa shape index (κ1) is 21.6. The second kappa shape index (κ2) is 10.6. The van der Waals surface area contributed by atoms with Crippen LogP contribution in [0.2, 0.25) is 0 Å². The molecule has 2 N–H and O–H groups in total. The third-order valence-electron chi connectivity index (χ3n) is 4.21. The third kappa shape index (κ3) is 6.82. The summed E-state index contributed by atoms with van der Waals surface area (Å²) in [6.07, 6.45) is 2.71. The molecule has 0 aromatic heterocycles. The average Bonchev–Trinajstić information content (AvgIpc) is 2.66. The molecule has 0 radical (unpaired) electrons. The van der Waals surface area contributed by atoms with Gasteiger partial charge in [0, 0.05) is 11.8 Å². The van der Waals surface area contributed by atoms with Crippen LogP contribution < -0.4 is 15.4 Å². The Kier molecular flexibility index (Phi) is 8.20. The van der Waals surface area contributed by atoms with Crippen LogP contribution in [0.3, 0.4) is 0 Å². The van der Waals surface area contributed by atoms with Crippen molar-refractivity contribution >= 4 is 28.9 Å². The highest BCUT2D eigenvalue weighted by Gasteiger charge is 2.16. The number of hydrogen-bond donors (Lipinski definition) is 2. The van der Waals surface area contributed by atoms with Crippen LogP contribution in [0, 0.1) is 5.92 Å². The molecule has 0 aliphatic rings. The van der Waals surface area contributed by atoms with Crippen molar-refractivity contribution in [1.82, 2.24) is 5.32 Å². The van der Waals surface area contributed by atoms with E-state index in [9.17, 15) is 4.79 Å². The predicted octanol–water partition coefficient (Wildman–Crippen LogP) is 5.07. The largest absolute Gasteiger partial charge is 0.489 e. The van der Waals surface area contributed by atoms with Crippen LogP contribution in [0.4, 0.5) is 5.69 Å². The number of ether oxygens (including phenoxy) is 1. The molecule has 148 valence electrons. The fourth-order valence-electron chi connectivity index (χ4n) is 2.77. The van der Waals surface area contributed by atoms with Gasteiger partial charge in [-0.05, 0) is 54.7 Å². The summed E-state index contributed by atoms with van der Waals surface area (Å²) < 4.78 is 5.50.